The molecule has 2 saturated carbocycles. The lowest BCUT2D eigenvalue weighted by Crippen LogP contribution is -2.51. The van der Waals surface area contributed by atoms with Gasteiger partial charge in [0.1, 0.15) is 6.10 Å². The fourth-order valence-electron chi connectivity index (χ4n) is 4.54. The molecule has 0 aromatic rings. The summed E-state index contributed by atoms with van der Waals surface area (Å²) in [6.07, 6.45) is 7.77. The molecule has 124 valence electrons. The second kappa shape index (κ2) is 6.60. The maximum atomic E-state index is 12.4. The molecule has 2 aliphatic carbocycles. The van der Waals surface area contributed by atoms with Crippen molar-refractivity contribution in [1.29, 1.82) is 0 Å². The third kappa shape index (κ3) is 3.16. The number of hydrogen-bond acceptors (Lipinski definition) is 2. The minimum absolute atomic E-state index is 0.00560. The number of esters is 1. The normalized spacial score (nSPS) is 36.2. The summed E-state index contributed by atoms with van der Waals surface area (Å²) in [5.74, 6) is 1.15. The van der Waals surface area contributed by atoms with Gasteiger partial charge in [-0.2, -0.15) is 0 Å². The number of ether oxygens (including phenoxy) is 1. The molecule has 22 heavy (non-hydrogen) atoms. The highest BCUT2D eigenvalue weighted by atomic mass is 16.5. The average molecular weight is 304 g/mol. The van der Waals surface area contributed by atoms with Gasteiger partial charge in [0.2, 0.25) is 0 Å². The van der Waals surface area contributed by atoms with Gasteiger partial charge in [-0.15, -0.1) is 0 Å². The van der Waals surface area contributed by atoms with Crippen LogP contribution in [0.15, 0.2) is 23.8 Å². The SMILES string of the molecule is C=C1CCC[C@]2(C)CC[C@@H](C(C)C)[C@H](OC(=O)/C(C)=C/C)[C@@H]12. The zero-order chi connectivity index (χ0) is 16.5. The Kier molecular flexibility index (Phi) is 5.19. The number of carbonyl (C=O) groups excluding carboxylic acids is 1. The summed E-state index contributed by atoms with van der Waals surface area (Å²) in [6, 6.07) is 0. The van der Waals surface area contributed by atoms with Gasteiger partial charge in [-0.25, -0.2) is 4.79 Å². The third-order valence-corrected chi connectivity index (χ3v) is 6.09. The Hall–Kier alpha value is -1.05. The molecule has 0 aromatic carbocycles. The molecule has 0 heterocycles. The molecule has 2 nitrogen and oxygen atoms in total. The van der Waals surface area contributed by atoms with E-state index in [1.807, 2.05) is 19.9 Å². The van der Waals surface area contributed by atoms with Gasteiger partial charge in [0.15, 0.2) is 0 Å². The summed E-state index contributed by atoms with van der Waals surface area (Å²) in [7, 11) is 0. The Labute approximate surface area is 136 Å². The van der Waals surface area contributed by atoms with E-state index in [9.17, 15) is 4.79 Å². The highest BCUT2D eigenvalue weighted by Crippen LogP contribution is 2.55. The zero-order valence-corrected chi connectivity index (χ0v) is 14.9. The molecule has 0 unspecified atom stereocenters. The largest absolute Gasteiger partial charge is 0.458 e. The first-order valence-electron chi connectivity index (χ1n) is 8.81. The van der Waals surface area contributed by atoms with E-state index in [-0.39, 0.29) is 17.5 Å². The Bertz CT molecular complexity index is 474. The third-order valence-electron chi connectivity index (χ3n) is 6.09. The van der Waals surface area contributed by atoms with Crippen molar-refractivity contribution in [3.05, 3.63) is 23.8 Å². The van der Waals surface area contributed by atoms with Gasteiger partial charge in [-0.3, -0.25) is 0 Å². The van der Waals surface area contributed by atoms with E-state index in [1.54, 1.807) is 0 Å². The molecule has 0 spiro atoms. The number of fused-ring (bicyclic) bond motifs is 1. The molecule has 2 rings (SSSR count). The van der Waals surface area contributed by atoms with E-state index < -0.39 is 0 Å². The second-order valence-electron chi connectivity index (χ2n) is 7.93. The highest BCUT2D eigenvalue weighted by molar-refractivity contribution is 5.87. The summed E-state index contributed by atoms with van der Waals surface area (Å²) in [4.78, 5) is 12.4. The van der Waals surface area contributed by atoms with Crippen LogP contribution in [0.25, 0.3) is 0 Å². The minimum atomic E-state index is -0.152. The lowest BCUT2D eigenvalue weighted by atomic mass is 9.54. The van der Waals surface area contributed by atoms with Gasteiger partial charge in [0.05, 0.1) is 0 Å². The van der Waals surface area contributed by atoms with Crippen LogP contribution < -0.4 is 0 Å². The predicted octanol–water partition coefficient (Wildman–Crippen LogP) is 5.29. The lowest BCUT2D eigenvalue weighted by Gasteiger charge is -2.53. The molecule has 2 aliphatic rings. The van der Waals surface area contributed by atoms with Gasteiger partial charge in [0.25, 0.3) is 0 Å². The molecule has 0 aromatic heterocycles. The van der Waals surface area contributed by atoms with Crippen molar-refractivity contribution in [2.45, 2.75) is 72.8 Å². The zero-order valence-electron chi connectivity index (χ0n) is 14.9. The van der Waals surface area contributed by atoms with Crippen LogP contribution in [-0.2, 0) is 9.53 Å². The number of carbonyl (C=O) groups is 1. The molecule has 0 N–H and O–H groups in total. The molecular weight excluding hydrogens is 272 g/mol. The van der Waals surface area contributed by atoms with Crippen LogP contribution in [0.3, 0.4) is 0 Å². The Morgan fingerprint density at radius 1 is 1.41 bits per heavy atom. The molecule has 4 atom stereocenters. The van der Waals surface area contributed by atoms with E-state index >= 15 is 0 Å². The van der Waals surface area contributed by atoms with Crippen LogP contribution in [0.4, 0.5) is 0 Å². The molecule has 2 fully saturated rings. The fraction of sp³-hybridized carbons (Fsp3) is 0.750. The monoisotopic (exact) mass is 304 g/mol. The molecule has 2 heteroatoms. The van der Waals surface area contributed by atoms with Gasteiger partial charge < -0.3 is 4.74 Å². The van der Waals surface area contributed by atoms with Gasteiger partial charge in [-0.1, -0.05) is 39.0 Å². The maximum absolute atomic E-state index is 12.4. The van der Waals surface area contributed by atoms with Crippen LogP contribution in [0.1, 0.15) is 66.7 Å². The van der Waals surface area contributed by atoms with E-state index in [1.165, 1.54) is 24.8 Å². The minimum Gasteiger partial charge on any atom is -0.458 e. The van der Waals surface area contributed by atoms with E-state index in [0.717, 1.165) is 12.8 Å². The van der Waals surface area contributed by atoms with Crippen molar-refractivity contribution in [2.24, 2.45) is 23.2 Å². The maximum Gasteiger partial charge on any atom is 0.333 e. The van der Waals surface area contributed by atoms with E-state index in [0.29, 0.717) is 23.3 Å². The van der Waals surface area contributed by atoms with Crippen molar-refractivity contribution < 1.29 is 9.53 Å². The Morgan fingerprint density at radius 2 is 2.09 bits per heavy atom. The van der Waals surface area contributed by atoms with Gasteiger partial charge in [0, 0.05) is 11.5 Å². The Morgan fingerprint density at radius 3 is 2.68 bits per heavy atom. The smallest absolute Gasteiger partial charge is 0.333 e. The van der Waals surface area contributed by atoms with Crippen LogP contribution in [-0.4, -0.2) is 12.1 Å². The summed E-state index contributed by atoms with van der Waals surface area (Å²) < 4.78 is 6.05. The topological polar surface area (TPSA) is 26.3 Å². The van der Waals surface area contributed by atoms with Crippen molar-refractivity contribution in [3.8, 4) is 0 Å². The molecule has 0 radical (unpaired) electrons. The first-order valence-corrected chi connectivity index (χ1v) is 8.81. The van der Waals surface area contributed by atoms with Crippen LogP contribution in [0.5, 0.6) is 0 Å². The molecule has 0 aliphatic heterocycles. The average Bonchev–Trinajstić information content (AvgIpc) is 2.45. The molecular formula is C20H32O2. The molecule has 0 bridgehead atoms. The van der Waals surface area contributed by atoms with Crippen molar-refractivity contribution >= 4 is 5.97 Å². The quantitative estimate of drug-likeness (QED) is 0.402. The highest BCUT2D eigenvalue weighted by Gasteiger charge is 2.51. The van der Waals surface area contributed by atoms with E-state index in [2.05, 4.69) is 27.4 Å². The first kappa shape index (κ1) is 17.3. The molecule has 0 amide bonds. The van der Waals surface area contributed by atoms with Crippen molar-refractivity contribution in [1.82, 2.24) is 0 Å². The second-order valence-corrected chi connectivity index (χ2v) is 7.93. The Balaban J connectivity index is 2.32. The van der Waals surface area contributed by atoms with Crippen LogP contribution >= 0.6 is 0 Å². The summed E-state index contributed by atoms with van der Waals surface area (Å²) in [5, 5.41) is 0. The summed E-state index contributed by atoms with van der Waals surface area (Å²) >= 11 is 0. The van der Waals surface area contributed by atoms with Gasteiger partial charge >= 0.3 is 5.97 Å². The van der Waals surface area contributed by atoms with Crippen LogP contribution in [0, 0.1) is 23.2 Å². The van der Waals surface area contributed by atoms with Crippen molar-refractivity contribution in [2.75, 3.05) is 0 Å². The van der Waals surface area contributed by atoms with E-state index in [4.69, 9.17) is 4.74 Å². The summed E-state index contributed by atoms with van der Waals surface area (Å²) in [5.41, 5.74) is 2.27. The van der Waals surface area contributed by atoms with Crippen LogP contribution in [0.2, 0.25) is 0 Å². The number of allylic oxidation sites excluding steroid dienone is 1. The standard InChI is InChI=1S/C20H32O2/c1-7-14(4)19(21)22-18-16(13(2)3)10-12-20(6)11-8-9-15(5)17(18)20/h7,13,16-18H,5,8-12H2,1-4,6H3/b14-7+/t16-,17+,18-,20+/m0/s1. The first-order chi connectivity index (χ1) is 10.3. The lowest BCUT2D eigenvalue weighted by molar-refractivity contribution is -0.161. The molecule has 0 saturated heterocycles. The number of hydrogen-bond donors (Lipinski definition) is 0. The fourth-order valence-corrected chi connectivity index (χ4v) is 4.54. The number of rotatable bonds is 3. The van der Waals surface area contributed by atoms with Gasteiger partial charge in [-0.05, 0) is 63.2 Å². The predicted molar refractivity (Wildman–Crippen MR) is 91.5 cm³/mol. The van der Waals surface area contributed by atoms with Crippen molar-refractivity contribution in [3.63, 3.8) is 0 Å². The summed E-state index contributed by atoms with van der Waals surface area (Å²) in [6.45, 7) is 15.0.